The molecule has 0 atom stereocenters. The van der Waals surface area contributed by atoms with Gasteiger partial charge in [0.25, 0.3) is 5.91 Å². The minimum Gasteiger partial charge on any atom is -0.462 e. The van der Waals surface area contributed by atoms with Crippen LogP contribution in [0.2, 0.25) is 5.02 Å². The molecular weight excluding hydrogens is 504 g/mol. The average Bonchev–Trinajstić information content (AvgIpc) is 3.40. The van der Waals surface area contributed by atoms with Crippen molar-refractivity contribution in [2.75, 3.05) is 11.5 Å². The van der Waals surface area contributed by atoms with Crippen LogP contribution in [0, 0.1) is 0 Å². The molecule has 1 amide bonds. The lowest BCUT2D eigenvalue weighted by atomic mass is 10.1. The number of anilines is 1. The molecule has 1 aliphatic rings. The fourth-order valence-electron chi connectivity index (χ4n) is 3.74. The van der Waals surface area contributed by atoms with Crippen LogP contribution < -0.4 is 9.62 Å². The van der Waals surface area contributed by atoms with E-state index in [1.807, 2.05) is 6.07 Å². The standard InChI is InChI=1S/C26H23ClN2O6S/c1-3-34-26(31)24-17(2)29(19-7-5-4-6-8-19)25(30)23(24)15-20-11-12-21(35-20)16-28-36(32,33)22-13-9-18(27)10-14-22/h4-15,28H,3,16H2,1-2H3/b23-15+. The lowest BCUT2D eigenvalue weighted by Crippen LogP contribution is -2.24. The van der Waals surface area contributed by atoms with Gasteiger partial charge in [0.05, 0.1) is 29.2 Å². The summed E-state index contributed by atoms with van der Waals surface area (Å²) < 4.78 is 38.4. The topological polar surface area (TPSA) is 106 Å². The number of para-hydroxylation sites is 1. The zero-order valence-electron chi connectivity index (χ0n) is 19.5. The van der Waals surface area contributed by atoms with Crippen LogP contribution in [0.15, 0.2) is 92.9 Å². The van der Waals surface area contributed by atoms with Gasteiger partial charge in [0.2, 0.25) is 10.0 Å². The van der Waals surface area contributed by atoms with E-state index in [0.29, 0.717) is 22.2 Å². The smallest absolute Gasteiger partial charge is 0.340 e. The number of sulfonamides is 1. The maximum atomic E-state index is 13.4. The Labute approximate surface area is 213 Å². The van der Waals surface area contributed by atoms with Gasteiger partial charge in [0.1, 0.15) is 11.5 Å². The Kier molecular flexibility index (Phi) is 7.44. The number of nitrogens with one attached hydrogen (secondary N) is 1. The molecule has 1 aromatic heterocycles. The summed E-state index contributed by atoms with van der Waals surface area (Å²) in [5.74, 6) is -0.412. The number of rotatable bonds is 8. The average molecular weight is 527 g/mol. The molecule has 4 rings (SSSR count). The number of allylic oxidation sites excluding steroid dienone is 1. The van der Waals surface area contributed by atoms with E-state index in [-0.39, 0.29) is 35.0 Å². The molecule has 0 bridgehead atoms. The van der Waals surface area contributed by atoms with Gasteiger partial charge in [0, 0.05) is 16.4 Å². The van der Waals surface area contributed by atoms with E-state index >= 15 is 0 Å². The molecule has 0 fully saturated rings. The van der Waals surface area contributed by atoms with Crippen LogP contribution in [0.4, 0.5) is 5.69 Å². The van der Waals surface area contributed by atoms with Crippen molar-refractivity contribution in [3.8, 4) is 0 Å². The van der Waals surface area contributed by atoms with Crippen LogP contribution in [0.1, 0.15) is 25.4 Å². The second-order valence-corrected chi connectivity index (χ2v) is 10.0. The first kappa shape index (κ1) is 25.4. The summed E-state index contributed by atoms with van der Waals surface area (Å²) in [7, 11) is -3.78. The highest BCUT2D eigenvalue weighted by atomic mass is 35.5. The van der Waals surface area contributed by atoms with Gasteiger partial charge in [-0.3, -0.25) is 9.69 Å². The third kappa shape index (κ3) is 5.28. The monoisotopic (exact) mass is 526 g/mol. The molecule has 0 unspecified atom stereocenters. The van der Waals surface area contributed by atoms with Crippen molar-refractivity contribution < 1.29 is 27.2 Å². The minimum atomic E-state index is -3.78. The van der Waals surface area contributed by atoms with Crippen molar-refractivity contribution in [3.05, 3.63) is 100 Å². The summed E-state index contributed by atoms with van der Waals surface area (Å²) in [5, 5.41) is 0.427. The van der Waals surface area contributed by atoms with Gasteiger partial charge in [-0.05, 0) is 68.5 Å². The van der Waals surface area contributed by atoms with E-state index in [2.05, 4.69) is 4.72 Å². The predicted octanol–water partition coefficient (Wildman–Crippen LogP) is 4.68. The molecule has 186 valence electrons. The van der Waals surface area contributed by atoms with Gasteiger partial charge in [-0.2, -0.15) is 0 Å². The predicted molar refractivity (Wildman–Crippen MR) is 135 cm³/mol. The van der Waals surface area contributed by atoms with Crippen molar-refractivity contribution >= 4 is 45.3 Å². The number of ether oxygens (including phenoxy) is 1. The number of hydrogen-bond acceptors (Lipinski definition) is 6. The summed E-state index contributed by atoms with van der Waals surface area (Å²) in [6.07, 6.45) is 1.46. The Morgan fingerprint density at radius 1 is 1.08 bits per heavy atom. The normalized spacial score (nSPS) is 15.1. The first-order valence-corrected chi connectivity index (χ1v) is 12.9. The molecule has 1 aliphatic heterocycles. The second kappa shape index (κ2) is 10.5. The van der Waals surface area contributed by atoms with E-state index in [9.17, 15) is 18.0 Å². The van der Waals surface area contributed by atoms with E-state index in [0.717, 1.165) is 0 Å². The Balaban J connectivity index is 1.59. The summed E-state index contributed by atoms with van der Waals surface area (Å²) in [4.78, 5) is 27.6. The molecule has 2 heterocycles. The Morgan fingerprint density at radius 2 is 1.78 bits per heavy atom. The lowest BCUT2D eigenvalue weighted by molar-refractivity contribution is -0.138. The Morgan fingerprint density at radius 3 is 2.44 bits per heavy atom. The first-order chi connectivity index (χ1) is 17.2. The van der Waals surface area contributed by atoms with E-state index in [1.165, 1.54) is 35.2 Å². The van der Waals surface area contributed by atoms with Crippen molar-refractivity contribution in [1.82, 2.24) is 4.72 Å². The van der Waals surface area contributed by atoms with Gasteiger partial charge < -0.3 is 9.15 Å². The molecule has 10 heteroatoms. The second-order valence-electron chi connectivity index (χ2n) is 7.80. The Hall–Kier alpha value is -3.66. The third-order valence-corrected chi connectivity index (χ3v) is 7.09. The number of carbonyl (C=O) groups is 2. The van der Waals surface area contributed by atoms with Crippen LogP contribution in [-0.2, 0) is 30.9 Å². The molecule has 8 nitrogen and oxygen atoms in total. The van der Waals surface area contributed by atoms with E-state index < -0.39 is 21.9 Å². The molecule has 0 saturated heterocycles. The fourth-order valence-corrected chi connectivity index (χ4v) is 4.86. The third-order valence-electron chi connectivity index (χ3n) is 5.42. The SMILES string of the molecule is CCOC(=O)C1=C(C)N(c2ccccc2)C(=O)/C1=C/c1ccc(CNS(=O)(=O)c2ccc(Cl)cc2)o1. The number of hydrogen-bond donors (Lipinski definition) is 1. The number of carbonyl (C=O) groups excluding carboxylic acids is 2. The zero-order valence-corrected chi connectivity index (χ0v) is 21.1. The number of halogens is 1. The number of furan rings is 1. The lowest BCUT2D eigenvalue weighted by Gasteiger charge is -2.17. The summed E-state index contributed by atoms with van der Waals surface area (Å²) in [5.41, 5.74) is 1.32. The van der Waals surface area contributed by atoms with Crippen molar-refractivity contribution in [2.24, 2.45) is 0 Å². The molecule has 0 aliphatic carbocycles. The highest BCUT2D eigenvalue weighted by molar-refractivity contribution is 7.89. The molecule has 36 heavy (non-hydrogen) atoms. The first-order valence-electron chi connectivity index (χ1n) is 11.0. The molecule has 2 aromatic carbocycles. The van der Waals surface area contributed by atoms with Crippen molar-refractivity contribution in [2.45, 2.75) is 25.3 Å². The van der Waals surface area contributed by atoms with Gasteiger partial charge in [-0.25, -0.2) is 17.9 Å². The quantitative estimate of drug-likeness (QED) is 0.337. The molecule has 0 radical (unpaired) electrons. The number of nitrogens with zero attached hydrogens (tertiary/aromatic N) is 1. The zero-order chi connectivity index (χ0) is 25.9. The molecule has 0 saturated carbocycles. The molecule has 0 spiro atoms. The number of amides is 1. The highest BCUT2D eigenvalue weighted by Crippen LogP contribution is 2.35. The number of esters is 1. The largest absolute Gasteiger partial charge is 0.462 e. The fraction of sp³-hybridized carbons (Fsp3) is 0.154. The van der Waals surface area contributed by atoms with Gasteiger partial charge in [-0.15, -0.1) is 0 Å². The van der Waals surface area contributed by atoms with Crippen LogP contribution in [0.3, 0.4) is 0 Å². The van der Waals surface area contributed by atoms with E-state index in [4.69, 9.17) is 20.8 Å². The van der Waals surface area contributed by atoms with Gasteiger partial charge in [0.15, 0.2) is 0 Å². The van der Waals surface area contributed by atoms with Crippen LogP contribution >= 0.6 is 11.6 Å². The van der Waals surface area contributed by atoms with Gasteiger partial charge in [-0.1, -0.05) is 29.8 Å². The summed E-state index contributed by atoms with van der Waals surface area (Å²) in [6, 6.07) is 17.9. The highest BCUT2D eigenvalue weighted by Gasteiger charge is 2.38. The van der Waals surface area contributed by atoms with Crippen molar-refractivity contribution in [3.63, 3.8) is 0 Å². The minimum absolute atomic E-state index is 0.0676. The maximum Gasteiger partial charge on any atom is 0.340 e. The van der Waals surface area contributed by atoms with E-state index in [1.54, 1.807) is 50.2 Å². The van der Waals surface area contributed by atoms with Crippen LogP contribution in [-0.4, -0.2) is 26.9 Å². The summed E-state index contributed by atoms with van der Waals surface area (Å²) >= 11 is 5.82. The molecule has 3 aromatic rings. The number of benzene rings is 2. The molecular formula is C26H23ClN2O6S. The van der Waals surface area contributed by atoms with Crippen molar-refractivity contribution in [1.29, 1.82) is 0 Å². The Bertz CT molecular complexity index is 1460. The summed E-state index contributed by atoms with van der Waals surface area (Å²) in [6.45, 7) is 3.41. The maximum absolute atomic E-state index is 13.4. The van der Waals surface area contributed by atoms with Crippen LogP contribution in [0.5, 0.6) is 0 Å². The molecule has 1 N–H and O–H groups in total. The van der Waals surface area contributed by atoms with Gasteiger partial charge >= 0.3 is 5.97 Å². The van der Waals surface area contributed by atoms with Crippen LogP contribution in [0.25, 0.3) is 6.08 Å².